The second kappa shape index (κ2) is 4.55. The third-order valence-corrected chi connectivity index (χ3v) is 10.5. The van der Waals surface area contributed by atoms with Gasteiger partial charge in [0.25, 0.3) is 0 Å². The second-order valence-corrected chi connectivity index (χ2v) is 10.3. The number of hydrogen-bond acceptors (Lipinski definition) is 2. The smallest absolute Gasteiger partial charge is 0.0851 e. The molecule has 0 bridgehead atoms. The molecule has 0 aliphatic carbocycles. The summed E-state index contributed by atoms with van der Waals surface area (Å²) in [5.41, 5.74) is 0. The van der Waals surface area contributed by atoms with Crippen LogP contribution in [0.1, 0.15) is 19.3 Å². The Balaban J connectivity index is 2.56. The third kappa shape index (κ3) is 2.19. The van der Waals surface area contributed by atoms with Crippen LogP contribution >= 0.6 is 0 Å². The van der Waals surface area contributed by atoms with Crippen LogP contribution in [-0.2, 0) is 4.74 Å². The summed E-state index contributed by atoms with van der Waals surface area (Å²) in [5.74, 6) is 0. The molecule has 0 saturated carbocycles. The molecule has 1 aliphatic rings. The molecule has 12 heavy (non-hydrogen) atoms. The minimum absolute atomic E-state index is 0.257. The molecule has 0 radical (unpaired) electrons. The predicted molar refractivity (Wildman–Crippen MR) is 57.0 cm³/mol. The zero-order valence-corrected chi connectivity index (χ0v) is 10.7. The summed E-state index contributed by atoms with van der Waals surface area (Å²) in [6.07, 6.45) is 4.20. The van der Waals surface area contributed by atoms with Crippen molar-refractivity contribution < 1.29 is 9.84 Å². The highest BCUT2D eigenvalue weighted by Crippen LogP contribution is 2.26. The highest BCUT2D eigenvalue weighted by Gasteiger charge is 2.36. The first kappa shape index (κ1) is 10.4. The van der Waals surface area contributed by atoms with Gasteiger partial charge in [0.2, 0.25) is 0 Å². The summed E-state index contributed by atoms with van der Waals surface area (Å²) < 4.78 is 5.93. The van der Waals surface area contributed by atoms with Crippen LogP contribution < -0.4 is 0 Å². The van der Waals surface area contributed by atoms with E-state index in [0.29, 0.717) is 6.23 Å². The molecule has 1 aliphatic heterocycles. The summed E-state index contributed by atoms with van der Waals surface area (Å²) >= 11 is 0. The molecule has 2 nitrogen and oxygen atoms in total. The SMILES string of the molecule is C[SiH](C)C1([SiH2]CO)CCCCO1. The van der Waals surface area contributed by atoms with Gasteiger partial charge in [-0.25, -0.2) is 0 Å². The van der Waals surface area contributed by atoms with Gasteiger partial charge in [-0.15, -0.1) is 0 Å². The van der Waals surface area contributed by atoms with Crippen molar-refractivity contribution in [2.75, 3.05) is 12.8 Å². The van der Waals surface area contributed by atoms with Gasteiger partial charge in [0, 0.05) is 17.7 Å². The average Bonchev–Trinajstić information content (AvgIpc) is 2.06. The molecule has 0 aromatic rings. The van der Waals surface area contributed by atoms with Gasteiger partial charge in [-0.3, -0.25) is 0 Å². The molecule has 1 atom stereocenters. The maximum atomic E-state index is 9.04. The quantitative estimate of drug-likeness (QED) is 0.657. The van der Waals surface area contributed by atoms with Crippen LogP contribution in [0.3, 0.4) is 0 Å². The van der Waals surface area contributed by atoms with E-state index in [2.05, 4.69) is 13.1 Å². The van der Waals surface area contributed by atoms with E-state index in [9.17, 15) is 0 Å². The monoisotopic (exact) mass is 204 g/mol. The first-order valence-electron chi connectivity index (χ1n) is 4.96. The topological polar surface area (TPSA) is 29.5 Å². The van der Waals surface area contributed by atoms with Gasteiger partial charge in [-0.05, 0) is 19.3 Å². The summed E-state index contributed by atoms with van der Waals surface area (Å²) in [5, 5.41) is 9.04. The molecular formula is C8H20O2Si2. The zero-order chi connectivity index (χ0) is 9.03. The first-order valence-corrected chi connectivity index (χ1v) is 9.55. The summed E-state index contributed by atoms with van der Waals surface area (Å²) in [4.78, 5) is 0.257. The van der Waals surface area contributed by atoms with Gasteiger partial charge in [0.15, 0.2) is 0 Å². The van der Waals surface area contributed by atoms with E-state index < -0.39 is 8.80 Å². The lowest BCUT2D eigenvalue weighted by atomic mass is 10.2. The molecule has 1 fully saturated rings. The summed E-state index contributed by atoms with van der Waals surface area (Å²) in [6.45, 7) is 5.65. The van der Waals surface area contributed by atoms with Gasteiger partial charge >= 0.3 is 0 Å². The molecule has 4 heteroatoms. The molecule has 0 aromatic carbocycles. The molecule has 1 rings (SSSR count). The molecule has 0 spiro atoms. The van der Waals surface area contributed by atoms with Crippen molar-refractivity contribution >= 4 is 18.3 Å². The van der Waals surface area contributed by atoms with Gasteiger partial charge in [0.1, 0.15) is 0 Å². The largest absolute Gasteiger partial charge is 0.400 e. The van der Waals surface area contributed by atoms with Crippen molar-refractivity contribution in [2.45, 2.75) is 37.2 Å². The van der Waals surface area contributed by atoms with E-state index in [1.54, 1.807) is 0 Å². The van der Waals surface area contributed by atoms with Crippen LogP contribution in [0.4, 0.5) is 0 Å². The van der Waals surface area contributed by atoms with E-state index in [4.69, 9.17) is 9.84 Å². The molecule has 1 unspecified atom stereocenters. The molecular weight excluding hydrogens is 184 g/mol. The third-order valence-electron chi connectivity index (χ3n) is 2.97. The lowest BCUT2D eigenvalue weighted by Crippen LogP contribution is -2.53. The Labute approximate surface area is 78.7 Å². The van der Waals surface area contributed by atoms with Crippen LogP contribution in [0.2, 0.25) is 13.1 Å². The Bertz CT molecular complexity index is 128. The van der Waals surface area contributed by atoms with E-state index in [1.165, 1.54) is 19.3 Å². The second-order valence-electron chi connectivity index (χ2n) is 4.00. The molecule has 72 valence electrons. The maximum absolute atomic E-state index is 9.04. The average molecular weight is 204 g/mol. The Hall–Kier alpha value is 0.354. The fraction of sp³-hybridized carbons (Fsp3) is 1.00. The van der Waals surface area contributed by atoms with E-state index in [-0.39, 0.29) is 14.4 Å². The Kier molecular flexibility index (Phi) is 3.96. The van der Waals surface area contributed by atoms with Gasteiger partial charge in [0.05, 0.1) is 18.3 Å². The van der Waals surface area contributed by atoms with Crippen molar-refractivity contribution in [3.63, 3.8) is 0 Å². The molecule has 0 aromatic heterocycles. The van der Waals surface area contributed by atoms with Gasteiger partial charge in [-0.1, -0.05) is 13.1 Å². The normalized spacial score (nSPS) is 32.0. The highest BCUT2D eigenvalue weighted by atomic mass is 28.3. The molecule has 1 saturated heterocycles. The number of aliphatic hydroxyl groups is 1. The van der Waals surface area contributed by atoms with E-state index in [1.807, 2.05) is 0 Å². The lowest BCUT2D eigenvalue weighted by Gasteiger charge is -2.40. The fourth-order valence-electron chi connectivity index (χ4n) is 2.00. The number of hydrogen-bond donors (Lipinski definition) is 1. The van der Waals surface area contributed by atoms with E-state index >= 15 is 0 Å². The highest BCUT2D eigenvalue weighted by molar-refractivity contribution is 6.72. The molecule has 1 heterocycles. The van der Waals surface area contributed by atoms with Crippen molar-refractivity contribution in [3.05, 3.63) is 0 Å². The minimum Gasteiger partial charge on any atom is -0.400 e. The Morgan fingerprint density at radius 2 is 2.25 bits per heavy atom. The van der Waals surface area contributed by atoms with Crippen molar-refractivity contribution in [1.29, 1.82) is 0 Å². The predicted octanol–water partition coefficient (Wildman–Crippen LogP) is 0.0277. The van der Waals surface area contributed by atoms with Gasteiger partial charge < -0.3 is 9.84 Å². The van der Waals surface area contributed by atoms with Crippen LogP contribution in [0.15, 0.2) is 0 Å². The van der Waals surface area contributed by atoms with Crippen molar-refractivity contribution in [1.82, 2.24) is 0 Å². The lowest BCUT2D eigenvalue weighted by molar-refractivity contribution is 0.0293. The zero-order valence-electron chi connectivity index (χ0n) is 8.18. The van der Waals surface area contributed by atoms with Crippen LogP contribution in [-0.4, -0.2) is 41.1 Å². The fourth-order valence-corrected chi connectivity index (χ4v) is 7.10. The van der Waals surface area contributed by atoms with Crippen LogP contribution in [0, 0.1) is 0 Å². The van der Waals surface area contributed by atoms with Crippen LogP contribution in [0.5, 0.6) is 0 Å². The van der Waals surface area contributed by atoms with Crippen molar-refractivity contribution in [3.8, 4) is 0 Å². The maximum Gasteiger partial charge on any atom is 0.0851 e. The van der Waals surface area contributed by atoms with Gasteiger partial charge in [-0.2, -0.15) is 0 Å². The Morgan fingerprint density at radius 1 is 1.50 bits per heavy atom. The Morgan fingerprint density at radius 3 is 2.67 bits per heavy atom. The molecule has 1 N–H and O–H groups in total. The summed E-state index contributed by atoms with van der Waals surface area (Å²) in [7, 11) is -1.11. The minimum atomic E-state index is -0.726. The number of aliphatic hydroxyl groups excluding tert-OH is 1. The van der Waals surface area contributed by atoms with Crippen molar-refractivity contribution in [2.24, 2.45) is 0 Å². The molecule has 0 amide bonds. The summed E-state index contributed by atoms with van der Waals surface area (Å²) in [6, 6.07) is 0. The van der Waals surface area contributed by atoms with Crippen LogP contribution in [0.25, 0.3) is 0 Å². The standard InChI is InChI=1S/C8H20O2Si2/c1-12(2)8(11-7-9)5-3-4-6-10-8/h9,12H,3-7,11H2,1-2H3. The number of rotatable bonds is 3. The van der Waals surface area contributed by atoms with E-state index in [0.717, 1.165) is 6.61 Å². The number of ether oxygens (including phenoxy) is 1. The first-order chi connectivity index (χ1) is 5.71.